The summed E-state index contributed by atoms with van der Waals surface area (Å²) in [6, 6.07) is 12.2. The van der Waals surface area contributed by atoms with E-state index in [-0.39, 0.29) is 16.6 Å². The summed E-state index contributed by atoms with van der Waals surface area (Å²) < 4.78 is 22.4. The summed E-state index contributed by atoms with van der Waals surface area (Å²) in [7, 11) is -3.80. The number of benzene rings is 2. The Labute approximate surface area is 171 Å². The highest BCUT2D eigenvalue weighted by molar-refractivity contribution is 8.00. The fourth-order valence-electron chi connectivity index (χ4n) is 2.07. The molecule has 9 nitrogen and oxygen atoms in total. The van der Waals surface area contributed by atoms with Gasteiger partial charge in [0.1, 0.15) is 0 Å². The summed E-state index contributed by atoms with van der Waals surface area (Å²) >= 11 is 1.22. The number of carbonyl (C=O) groups is 3. The third-order valence-corrected chi connectivity index (χ3v) is 5.24. The Hall–Kier alpha value is -3.15. The van der Waals surface area contributed by atoms with Crippen LogP contribution < -0.4 is 15.8 Å². The quantitative estimate of drug-likeness (QED) is 0.363. The maximum Gasteiger partial charge on any atom is 0.328 e. The summed E-state index contributed by atoms with van der Waals surface area (Å²) in [6.45, 7) is 0. The molecule has 0 bridgehead atoms. The van der Waals surface area contributed by atoms with Crippen molar-refractivity contribution in [2.45, 2.75) is 9.79 Å². The Balaban J connectivity index is 1.90. The molecule has 2 amide bonds. The minimum absolute atomic E-state index is 0.0538. The molecule has 2 aromatic rings. The van der Waals surface area contributed by atoms with E-state index >= 15 is 0 Å². The zero-order chi connectivity index (χ0) is 21.4. The SMILES string of the molecule is NS(=O)(=O)c1ccc(NC(=O)CSc2cccc(NC(=O)/C=C/C(=O)O)c2)cc1. The Kier molecular flexibility index (Phi) is 7.53. The first-order valence-corrected chi connectivity index (χ1v) is 10.5. The van der Waals surface area contributed by atoms with Gasteiger partial charge in [0.05, 0.1) is 10.6 Å². The standard InChI is InChI=1S/C18H17N3O6S2/c19-29(26,27)15-6-4-12(5-7-15)20-17(23)11-28-14-3-1-2-13(10-14)21-16(22)8-9-18(24)25/h1-10H,11H2,(H,20,23)(H,21,22)(H,24,25)(H2,19,26,27)/b9-8+. The predicted octanol–water partition coefficient (Wildman–Crippen LogP) is 1.64. The van der Waals surface area contributed by atoms with E-state index in [9.17, 15) is 22.8 Å². The first kappa shape index (κ1) is 22.1. The molecule has 2 rings (SSSR count). The number of primary sulfonamides is 1. The zero-order valence-corrected chi connectivity index (χ0v) is 16.5. The maximum atomic E-state index is 12.1. The second kappa shape index (κ2) is 9.87. The number of rotatable bonds is 8. The molecule has 0 unspecified atom stereocenters. The number of hydrogen-bond donors (Lipinski definition) is 4. The number of anilines is 2. The van der Waals surface area contributed by atoms with E-state index in [4.69, 9.17) is 10.2 Å². The Morgan fingerprint density at radius 1 is 1.00 bits per heavy atom. The van der Waals surface area contributed by atoms with Crippen LogP contribution in [0.25, 0.3) is 0 Å². The van der Waals surface area contributed by atoms with Crippen molar-refractivity contribution in [2.24, 2.45) is 5.14 Å². The van der Waals surface area contributed by atoms with Crippen LogP contribution in [-0.4, -0.2) is 37.1 Å². The van der Waals surface area contributed by atoms with Crippen LogP contribution >= 0.6 is 11.8 Å². The van der Waals surface area contributed by atoms with E-state index in [2.05, 4.69) is 10.6 Å². The molecule has 0 heterocycles. The molecule has 0 aliphatic rings. The van der Waals surface area contributed by atoms with Gasteiger partial charge in [-0.3, -0.25) is 9.59 Å². The van der Waals surface area contributed by atoms with Gasteiger partial charge in [-0.2, -0.15) is 0 Å². The number of nitrogens with one attached hydrogen (secondary N) is 2. The fraction of sp³-hybridized carbons (Fsp3) is 0.0556. The fourth-order valence-corrected chi connectivity index (χ4v) is 3.34. The molecule has 5 N–H and O–H groups in total. The minimum atomic E-state index is -3.80. The average molecular weight is 435 g/mol. The van der Waals surface area contributed by atoms with Crippen LogP contribution in [0.5, 0.6) is 0 Å². The van der Waals surface area contributed by atoms with Gasteiger partial charge in [-0.05, 0) is 42.5 Å². The smallest absolute Gasteiger partial charge is 0.328 e. The molecule has 29 heavy (non-hydrogen) atoms. The molecule has 0 aliphatic carbocycles. The molecule has 11 heteroatoms. The van der Waals surface area contributed by atoms with E-state index < -0.39 is 21.9 Å². The first-order valence-electron chi connectivity index (χ1n) is 8.01. The summed E-state index contributed by atoms with van der Waals surface area (Å²) in [6.07, 6.45) is 1.63. The van der Waals surface area contributed by atoms with Gasteiger partial charge in [-0.1, -0.05) is 6.07 Å². The van der Waals surface area contributed by atoms with Crippen LogP contribution in [0.2, 0.25) is 0 Å². The van der Waals surface area contributed by atoms with Crippen molar-refractivity contribution in [3.05, 3.63) is 60.7 Å². The average Bonchev–Trinajstić information content (AvgIpc) is 2.65. The van der Waals surface area contributed by atoms with Crippen molar-refractivity contribution in [1.29, 1.82) is 0 Å². The van der Waals surface area contributed by atoms with Gasteiger partial charge in [0, 0.05) is 28.4 Å². The highest BCUT2D eigenvalue weighted by Crippen LogP contribution is 2.22. The van der Waals surface area contributed by atoms with E-state index in [0.717, 1.165) is 12.2 Å². The highest BCUT2D eigenvalue weighted by Gasteiger charge is 2.09. The molecule has 0 aromatic heterocycles. The van der Waals surface area contributed by atoms with Crippen LogP contribution in [0, 0.1) is 0 Å². The first-order chi connectivity index (χ1) is 13.6. The van der Waals surface area contributed by atoms with Crippen LogP contribution in [-0.2, 0) is 24.4 Å². The lowest BCUT2D eigenvalue weighted by atomic mass is 10.3. The predicted molar refractivity (Wildman–Crippen MR) is 109 cm³/mol. The third kappa shape index (κ3) is 7.78. The molecule has 0 saturated carbocycles. The lowest BCUT2D eigenvalue weighted by Crippen LogP contribution is -2.15. The number of carboxylic acid groups (broad SMARTS) is 1. The maximum absolute atomic E-state index is 12.1. The number of hydrogen-bond acceptors (Lipinski definition) is 6. The van der Waals surface area contributed by atoms with Crippen molar-refractivity contribution in [2.75, 3.05) is 16.4 Å². The van der Waals surface area contributed by atoms with Crippen molar-refractivity contribution in [3.8, 4) is 0 Å². The summed E-state index contributed by atoms with van der Waals surface area (Å²) in [5, 5.41) is 18.7. The number of carboxylic acids is 1. The normalized spacial score (nSPS) is 11.2. The van der Waals surface area contributed by atoms with Crippen LogP contribution in [0.4, 0.5) is 11.4 Å². The van der Waals surface area contributed by atoms with E-state index in [1.54, 1.807) is 24.3 Å². The molecule has 0 radical (unpaired) electrons. The van der Waals surface area contributed by atoms with Crippen molar-refractivity contribution < 1.29 is 27.9 Å². The number of sulfonamides is 1. The van der Waals surface area contributed by atoms with E-state index in [1.807, 2.05) is 0 Å². The Morgan fingerprint density at radius 2 is 1.69 bits per heavy atom. The lowest BCUT2D eigenvalue weighted by Gasteiger charge is -2.07. The molecule has 152 valence electrons. The van der Waals surface area contributed by atoms with E-state index in [1.165, 1.54) is 36.0 Å². The summed E-state index contributed by atoms with van der Waals surface area (Å²) in [5.41, 5.74) is 0.878. The second-order valence-electron chi connectivity index (χ2n) is 5.59. The van der Waals surface area contributed by atoms with Crippen LogP contribution in [0.15, 0.2) is 70.5 Å². The molecule has 0 saturated heterocycles. The van der Waals surface area contributed by atoms with Gasteiger partial charge in [-0.25, -0.2) is 18.4 Å². The van der Waals surface area contributed by atoms with Gasteiger partial charge in [0.25, 0.3) is 0 Å². The number of aliphatic carboxylic acids is 1. The highest BCUT2D eigenvalue weighted by atomic mass is 32.2. The molecule has 0 spiro atoms. The van der Waals surface area contributed by atoms with Crippen molar-refractivity contribution in [3.63, 3.8) is 0 Å². The van der Waals surface area contributed by atoms with Crippen LogP contribution in [0.3, 0.4) is 0 Å². The lowest BCUT2D eigenvalue weighted by molar-refractivity contribution is -0.131. The van der Waals surface area contributed by atoms with Gasteiger partial charge in [0.2, 0.25) is 21.8 Å². The monoisotopic (exact) mass is 435 g/mol. The van der Waals surface area contributed by atoms with E-state index in [0.29, 0.717) is 16.3 Å². The Morgan fingerprint density at radius 3 is 2.31 bits per heavy atom. The molecule has 0 fully saturated rings. The number of thioether (sulfide) groups is 1. The topological polar surface area (TPSA) is 156 Å². The number of nitrogens with two attached hydrogens (primary N) is 1. The molecule has 2 aromatic carbocycles. The molecular formula is C18H17N3O6S2. The van der Waals surface area contributed by atoms with Crippen molar-refractivity contribution >= 4 is 50.9 Å². The van der Waals surface area contributed by atoms with Gasteiger partial charge >= 0.3 is 5.97 Å². The largest absolute Gasteiger partial charge is 0.478 e. The van der Waals surface area contributed by atoms with Crippen molar-refractivity contribution in [1.82, 2.24) is 0 Å². The second-order valence-corrected chi connectivity index (χ2v) is 8.21. The Bertz CT molecular complexity index is 1050. The number of carbonyl (C=O) groups excluding carboxylic acids is 2. The van der Waals surface area contributed by atoms with Gasteiger partial charge in [-0.15, -0.1) is 11.8 Å². The summed E-state index contributed by atoms with van der Waals surface area (Å²) in [5.74, 6) is -2.05. The van der Waals surface area contributed by atoms with Crippen LogP contribution in [0.1, 0.15) is 0 Å². The molecular weight excluding hydrogens is 418 g/mol. The van der Waals surface area contributed by atoms with Gasteiger partial charge in [0.15, 0.2) is 0 Å². The molecule has 0 atom stereocenters. The zero-order valence-electron chi connectivity index (χ0n) is 14.9. The minimum Gasteiger partial charge on any atom is -0.478 e. The van der Waals surface area contributed by atoms with Gasteiger partial charge < -0.3 is 15.7 Å². The third-order valence-electron chi connectivity index (χ3n) is 3.32. The molecule has 0 aliphatic heterocycles. The summed E-state index contributed by atoms with van der Waals surface area (Å²) in [4.78, 5) is 34.7. The number of amides is 2.